The number of nitrogens with one attached hydrogen (secondary N) is 1. The van der Waals surface area contributed by atoms with Gasteiger partial charge in [0.15, 0.2) is 0 Å². The topological polar surface area (TPSA) is 72.5 Å². The van der Waals surface area contributed by atoms with Gasteiger partial charge in [-0.05, 0) is 49.1 Å². The van der Waals surface area contributed by atoms with Gasteiger partial charge in [0.25, 0.3) is 0 Å². The minimum absolute atomic E-state index is 0.0388. The molecule has 0 saturated heterocycles. The third kappa shape index (κ3) is 5.91. The van der Waals surface area contributed by atoms with Gasteiger partial charge in [-0.25, -0.2) is 17.9 Å². The summed E-state index contributed by atoms with van der Waals surface area (Å²) in [7, 11) is -2.21. The summed E-state index contributed by atoms with van der Waals surface area (Å²) in [5, 5.41) is 0. The lowest BCUT2D eigenvalue weighted by Gasteiger charge is -2.18. The van der Waals surface area contributed by atoms with Gasteiger partial charge >= 0.3 is 5.97 Å². The predicted octanol–water partition coefficient (Wildman–Crippen LogP) is 4.03. The van der Waals surface area contributed by atoms with E-state index in [1.165, 1.54) is 7.11 Å². The van der Waals surface area contributed by atoms with Crippen molar-refractivity contribution in [3.63, 3.8) is 0 Å². The van der Waals surface area contributed by atoms with Crippen LogP contribution in [0, 0.1) is 6.92 Å². The molecule has 0 radical (unpaired) electrons. The number of hydrogen-bond donors (Lipinski definition) is 1. The van der Waals surface area contributed by atoms with Crippen molar-refractivity contribution in [1.82, 2.24) is 4.72 Å². The molecule has 1 N–H and O–H groups in total. The molecule has 0 bridgehead atoms. The summed E-state index contributed by atoms with van der Waals surface area (Å²) in [4.78, 5) is 11.9. The Morgan fingerprint density at radius 2 is 1.70 bits per heavy atom. The summed E-state index contributed by atoms with van der Waals surface area (Å²) in [5.41, 5.74) is 2.50. The third-order valence-electron chi connectivity index (χ3n) is 4.56. The first-order chi connectivity index (χ1) is 12.9. The molecule has 2 aromatic carbocycles. The molecule has 0 saturated carbocycles. The molecule has 0 amide bonds. The Bertz CT molecular complexity index is 843. The smallest absolute Gasteiger partial charge is 0.337 e. The van der Waals surface area contributed by atoms with Crippen molar-refractivity contribution >= 4 is 16.0 Å². The number of aryl methyl sites for hydroxylation is 1. The second kappa shape index (κ2) is 9.67. The normalized spacial score (nSPS) is 12.6. The number of hydrogen-bond acceptors (Lipinski definition) is 4. The van der Waals surface area contributed by atoms with E-state index < -0.39 is 10.0 Å². The Labute approximate surface area is 161 Å². The highest BCUT2D eigenvalue weighted by molar-refractivity contribution is 7.89. The number of methoxy groups -OCH3 is 1. The Balaban J connectivity index is 2.14. The number of benzene rings is 2. The molecule has 2 rings (SSSR count). The maximum absolute atomic E-state index is 12.6. The van der Waals surface area contributed by atoms with Gasteiger partial charge in [0.05, 0.1) is 17.6 Å². The molecule has 2 aromatic rings. The number of esters is 1. The zero-order chi connectivity index (χ0) is 19.9. The summed E-state index contributed by atoms with van der Waals surface area (Å²) in [5.74, 6) is -0.344. The van der Waals surface area contributed by atoms with E-state index in [9.17, 15) is 13.2 Å². The number of carbonyl (C=O) groups is 1. The molecule has 0 aromatic heterocycles. The first-order valence-electron chi connectivity index (χ1n) is 9.12. The van der Waals surface area contributed by atoms with Crippen molar-refractivity contribution in [2.45, 2.75) is 43.9 Å². The van der Waals surface area contributed by atoms with E-state index in [1.54, 1.807) is 36.4 Å². The molecular formula is C21H27NO4S. The highest BCUT2D eigenvalue weighted by Gasteiger charge is 2.18. The van der Waals surface area contributed by atoms with E-state index in [0.717, 1.165) is 30.4 Å². The van der Waals surface area contributed by atoms with E-state index in [0.29, 0.717) is 12.1 Å². The molecule has 0 aliphatic rings. The lowest BCUT2D eigenvalue weighted by atomic mass is 9.93. The molecule has 6 heteroatoms. The monoisotopic (exact) mass is 389 g/mol. The first kappa shape index (κ1) is 21.1. The second-order valence-corrected chi connectivity index (χ2v) is 8.38. The SMILES string of the molecule is CCCCC(CNS(=O)(=O)c1ccc(C)cc1)c1ccc(C(=O)OC)cc1. The van der Waals surface area contributed by atoms with Gasteiger partial charge in [-0.1, -0.05) is 49.6 Å². The van der Waals surface area contributed by atoms with Crippen LogP contribution < -0.4 is 4.72 Å². The van der Waals surface area contributed by atoms with Crippen molar-refractivity contribution < 1.29 is 17.9 Å². The van der Waals surface area contributed by atoms with Crippen molar-refractivity contribution in [1.29, 1.82) is 0 Å². The van der Waals surface area contributed by atoms with Gasteiger partial charge in [-0.15, -0.1) is 0 Å². The number of ether oxygens (including phenoxy) is 1. The standard InChI is InChI=1S/C21H27NO4S/c1-4-5-6-19(17-9-11-18(12-10-17)21(23)26-3)15-22-27(24,25)20-13-7-16(2)8-14-20/h7-14,19,22H,4-6,15H2,1-3H3. The number of sulfonamides is 1. The van der Waals surface area contributed by atoms with E-state index in [4.69, 9.17) is 4.74 Å². The molecule has 0 aliphatic heterocycles. The molecule has 0 heterocycles. The summed E-state index contributed by atoms with van der Waals surface area (Å²) in [6.07, 6.45) is 2.89. The molecule has 5 nitrogen and oxygen atoms in total. The number of carbonyl (C=O) groups excluding carboxylic acids is 1. The zero-order valence-electron chi connectivity index (χ0n) is 16.1. The van der Waals surface area contributed by atoms with Crippen LogP contribution in [0.5, 0.6) is 0 Å². The molecule has 1 unspecified atom stereocenters. The first-order valence-corrected chi connectivity index (χ1v) is 10.6. The lowest BCUT2D eigenvalue weighted by molar-refractivity contribution is 0.0600. The molecule has 146 valence electrons. The van der Waals surface area contributed by atoms with Gasteiger partial charge in [-0.3, -0.25) is 0 Å². The van der Waals surface area contributed by atoms with E-state index >= 15 is 0 Å². The van der Waals surface area contributed by atoms with Crippen LogP contribution in [-0.2, 0) is 14.8 Å². The molecule has 27 heavy (non-hydrogen) atoms. The van der Waals surface area contributed by atoms with Gasteiger partial charge in [0.1, 0.15) is 0 Å². The molecule has 0 spiro atoms. The highest BCUT2D eigenvalue weighted by atomic mass is 32.2. The Morgan fingerprint density at radius 1 is 1.07 bits per heavy atom. The van der Waals surface area contributed by atoms with Crippen LogP contribution in [0.4, 0.5) is 0 Å². The minimum atomic E-state index is -3.55. The van der Waals surface area contributed by atoms with Crippen LogP contribution in [-0.4, -0.2) is 28.0 Å². The van der Waals surface area contributed by atoms with Gasteiger partial charge < -0.3 is 4.74 Å². The minimum Gasteiger partial charge on any atom is -0.465 e. The van der Waals surface area contributed by atoms with E-state index in [1.807, 2.05) is 19.1 Å². The third-order valence-corrected chi connectivity index (χ3v) is 6.00. The molecular weight excluding hydrogens is 362 g/mol. The summed E-state index contributed by atoms with van der Waals surface area (Å²) < 4.78 is 32.6. The molecule has 0 aliphatic carbocycles. The average molecular weight is 390 g/mol. The maximum atomic E-state index is 12.6. The Kier molecular flexibility index (Phi) is 7.56. The fourth-order valence-corrected chi connectivity index (χ4v) is 3.94. The summed E-state index contributed by atoms with van der Waals surface area (Å²) >= 11 is 0. The second-order valence-electron chi connectivity index (χ2n) is 6.62. The Morgan fingerprint density at radius 3 is 2.26 bits per heavy atom. The number of unbranched alkanes of at least 4 members (excludes halogenated alkanes) is 1. The average Bonchev–Trinajstić information content (AvgIpc) is 2.68. The lowest BCUT2D eigenvalue weighted by Crippen LogP contribution is -2.28. The van der Waals surface area contributed by atoms with Gasteiger partial charge in [0, 0.05) is 6.54 Å². The van der Waals surface area contributed by atoms with E-state index in [2.05, 4.69) is 11.6 Å². The largest absolute Gasteiger partial charge is 0.465 e. The van der Waals surface area contributed by atoms with Crippen LogP contribution in [0.2, 0.25) is 0 Å². The highest BCUT2D eigenvalue weighted by Crippen LogP contribution is 2.23. The fraction of sp³-hybridized carbons (Fsp3) is 0.381. The summed E-state index contributed by atoms with van der Waals surface area (Å²) in [6, 6.07) is 14.0. The van der Waals surface area contributed by atoms with Crippen molar-refractivity contribution in [2.75, 3.05) is 13.7 Å². The molecule has 0 fully saturated rings. The van der Waals surface area contributed by atoms with Crippen LogP contribution in [0.15, 0.2) is 53.4 Å². The van der Waals surface area contributed by atoms with Crippen LogP contribution in [0.25, 0.3) is 0 Å². The quantitative estimate of drug-likeness (QED) is 0.657. The van der Waals surface area contributed by atoms with Crippen molar-refractivity contribution in [2.24, 2.45) is 0 Å². The van der Waals surface area contributed by atoms with E-state index in [-0.39, 0.29) is 16.8 Å². The van der Waals surface area contributed by atoms with Gasteiger partial charge in [0.2, 0.25) is 10.0 Å². The Hall–Kier alpha value is -2.18. The number of rotatable bonds is 9. The van der Waals surface area contributed by atoms with Crippen LogP contribution in [0.1, 0.15) is 53.6 Å². The molecule has 1 atom stereocenters. The maximum Gasteiger partial charge on any atom is 0.337 e. The van der Waals surface area contributed by atoms with Crippen molar-refractivity contribution in [3.8, 4) is 0 Å². The zero-order valence-corrected chi connectivity index (χ0v) is 16.9. The van der Waals surface area contributed by atoms with Crippen LogP contribution in [0.3, 0.4) is 0 Å². The van der Waals surface area contributed by atoms with Crippen molar-refractivity contribution in [3.05, 3.63) is 65.2 Å². The van der Waals surface area contributed by atoms with Gasteiger partial charge in [-0.2, -0.15) is 0 Å². The van der Waals surface area contributed by atoms with Crippen LogP contribution >= 0.6 is 0 Å². The summed E-state index contributed by atoms with van der Waals surface area (Å²) in [6.45, 7) is 4.34. The predicted molar refractivity (Wildman–Crippen MR) is 106 cm³/mol. The fourth-order valence-electron chi connectivity index (χ4n) is 2.86.